The summed E-state index contributed by atoms with van der Waals surface area (Å²) in [5, 5.41) is 8.21. The number of rotatable bonds is 5. The van der Waals surface area contributed by atoms with Crippen molar-refractivity contribution in [2.24, 2.45) is 0 Å². The molecule has 2 aliphatic heterocycles. The fourth-order valence-corrected chi connectivity index (χ4v) is 3.41. The summed E-state index contributed by atoms with van der Waals surface area (Å²) >= 11 is 0. The summed E-state index contributed by atoms with van der Waals surface area (Å²) in [5.41, 5.74) is 0.997. The molecule has 0 radical (unpaired) electrons. The van der Waals surface area contributed by atoms with Gasteiger partial charge < -0.3 is 20.9 Å². The van der Waals surface area contributed by atoms with Crippen LogP contribution >= 0.6 is 0 Å². The Morgan fingerprint density at radius 3 is 2.80 bits per heavy atom. The van der Waals surface area contributed by atoms with E-state index in [2.05, 4.69) is 22.5 Å². The van der Waals surface area contributed by atoms with Gasteiger partial charge in [-0.15, -0.1) is 6.58 Å². The van der Waals surface area contributed by atoms with Crippen LogP contribution in [0, 0.1) is 0 Å². The van der Waals surface area contributed by atoms with E-state index in [4.69, 9.17) is 0 Å². The summed E-state index contributed by atoms with van der Waals surface area (Å²) < 4.78 is 0. The minimum absolute atomic E-state index is 0.0933. The molecular formula is C18H22N4O3. The first kappa shape index (κ1) is 17.0. The van der Waals surface area contributed by atoms with Crippen molar-refractivity contribution in [1.82, 2.24) is 20.9 Å². The van der Waals surface area contributed by atoms with Crippen LogP contribution in [0.5, 0.6) is 0 Å². The highest BCUT2D eigenvalue weighted by Crippen LogP contribution is 2.24. The monoisotopic (exact) mass is 342 g/mol. The molecule has 0 bridgehead atoms. The van der Waals surface area contributed by atoms with E-state index >= 15 is 0 Å². The van der Waals surface area contributed by atoms with Gasteiger partial charge in [-0.05, 0) is 12.0 Å². The zero-order chi connectivity index (χ0) is 17.8. The number of benzene rings is 1. The smallest absolute Gasteiger partial charge is 0.315 e. The zero-order valence-electron chi connectivity index (χ0n) is 13.9. The van der Waals surface area contributed by atoms with Gasteiger partial charge in [0.05, 0.1) is 6.04 Å². The molecule has 0 aliphatic carbocycles. The van der Waals surface area contributed by atoms with Gasteiger partial charge in [-0.2, -0.15) is 0 Å². The van der Waals surface area contributed by atoms with Crippen LogP contribution in [0.1, 0.15) is 12.0 Å². The average Bonchev–Trinajstić information content (AvgIpc) is 3.03. The lowest BCUT2D eigenvalue weighted by Gasteiger charge is -2.36. The predicted molar refractivity (Wildman–Crippen MR) is 92.7 cm³/mol. The maximum Gasteiger partial charge on any atom is 0.315 e. The SMILES string of the molecule is C=CCNC(=O)N[C@@H]1CCN2C(=O)[C@@H](Cc3ccccc3)NC(=O)[C@H]12. The number of amides is 4. The summed E-state index contributed by atoms with van der Waals surface area (Å²) in [7, 11) is 0. The van der Waals surface area contributed by atoms with E-state index in [0.29, 0.717) is 25.9 Å². The molecule has 4 amide bonds. The Labute approximate surface area is 146 Å². The molecule has 2 heterocycles. The first-order chi connectivity index (χ1) is 12.1. The van der Waals surface area contributed by atoms with Crippen LogP contribution in [-0.4, -0.2) is 54.0 Å². The van der Waals surface area contributed by atoms with Gasteiger partial charge >= 0.3 is 6.03 Å². The second-order valence-corrected chi connectivity index (χ2v) is 6.27. The minimum Gasteiger partial charge on any atom is -0.342 e. The maximum absolute atomic E-state index is 12.7. The molecule has 3 atom stereocenters. The largest absolute Gasteiger partial charge is 0.342 e. The van der Waals surface area contributed by atoms with Gasteiger partial charge in [-0.1, -0.05) is 36.4 Å². The highest BCUT2D eigenvalue weighted by molar-refractivity contribution is 5.98. The normalized spacial score (nSPS) is 25.1. The van der Waals surface area contributed by atoms with Crippen molar-refractivity contribution < 1.29 is 14.4 Å². The van der Waals surface area contributed by atoms with Gasteiger partial charge in [0.2, 0.25) is 11.8 Å². The van der Waals surface area contributed by atoms with E-state index < -0.39 is 12.1 Å². The van der Waals surface area contributed by atoms with Crippen molar-refractivity contribution in [3.8, 4) is 0 Å². The predicted octanol–water partition coefficient (Wildman–Crippen LogP) is 0.182. The maximum atomic E-state index is 12.7. The van der Waals surface area contributed by atoms with Gasteiger partial charge in [0, 0.05) is 19.5 Å². The van der Waals surface area contributed by atoms with E-state index in [1.54, 1.807) is 11.0 Å². The van der Waals surface area contributed by atoms with Gasteiger partial charge in [0.1, 0.15) is 12.1 Å². The zero-order valence-corrected chi connectivity index (χ0v) is 13.9. The molecule has 7 heteroatoms. The van der Waals surface area contributed by atoms with Gasteiger partial charge in [-0.25, -0.2) is 4.79 Å². The number of carbonyl (C=O) groups is 3. The summed E-state index contributed by atoms with van der Waals surface area (Å²) in [5.74, 6) is -0.309. The van der Waals surface area contributed by atoms with Gasteiger partial charge in [0.15, 0.2) is 0 Å². The Kier molecular flexibility index (Phi) is 5.02. The first-order valence-corrected chi connectivity index (χ1v) is 8.40. The fraction of sp³-hybridized carbons (Fsp3) is 0.389. The van der Waals surface area contributed by atoms with E-state index in [9.17, 15) is 14.4 Å². The number of carbonyl (C=O) groups excluding carboxylic acids is 3. The third kappa shape index (κ3) is 3.65. The molecule has 1 aromatic rings. The first-order valence-electron chi connectivity index (χ1n) is 8.40. The number of hydrogen-bond acceptors (Lipinski definition) is 3. The number of fused-ring (bicyclic) bond motifs is 1. The van der Waals surface area contributed by atoms with Gasteiger partial charge in [0.25, 0.3) is 0 Å². The van der Waals surface area contributed by atoms with E-state index in [-0.39, 0.29) is 23.9 Å². The number of nitrogens with one attached hydrogen (secondary N) is 3. The van der Waals surface area contributed by atoms with Crippen LogP contribution in [-0.2, 0) is 16.0 Å². The third-order valence-corrected chi connectivity index (χ3v) is 4.57. The standard InChI is InChI=1S/C18H22N4O3/c1-2-9-19-18(25)21-13-8-10-22-15(13)16(23)20-14(17(22)24)11-12-6-4-3-5-7-12/h2-7,13-15H,1,8-11H2,(H,20,23)(H2,19,21,25)/t13-,14-,15+/m1/s1. The lowest BCUT2D eigenvalue weighted by atomic mass is 9.99. The number of nitrogens with zero attached hydrogens (tertiary/aromatic N) is 1. The summed E-state index contributed by atoms with van der Waals surface area (Å²) in [6, 6.07) is 7.65. The molecule has 132 valence electrons. The van der Waals surface area contributed by atoms with Crippen molar-refractivity contribution in [2.45, 2.75) is 31.0 Å². The summed E-state index contributed by atoms with van der Waals surface area (Å²) in [6.07, 6.45) is 2.60. The molecule has 2 saturated heterocycles. The highest BCUT2D eigenvalue weighted by atomic mass is 16.2. The highest BCUT2D eigenvalue weighted by Gasteiger charge is 2.48. The van der Waals surface area contributed by atoms with Crippen LogP contribution in [0.25, 0.3) is 0 Å². The molecule has 0 aromatic heterocycles. The second-order valence-electron chi connectivity index (χ2n) is 6.27. The Bertz CT molecular complexity index is 676. The summed E-state index contributed by atoms with van der Waals surface area (Å²) in [4.78, 5) is 38.7. The Hall–Kier alpha value is -2.83. The lowest BCUT2D eigenvalue weighted by molar-refractivity contribution is -0.147. The fourth-order valence-electron chi connectivity index (χ4n) is 3.41. The van der Waals surface area contributed by atoms with Crippen molar-refractivity contribution in [2.75, 3.05) is 13.1 Å². The molecule has 0 unspecified atom stereocenters. The molecule has 1 aromatic carbocycles. The molecule has 2 fully saturated rings. The second kappa shape index (κ2) is 7.38. The lowest BCUT2D eigenvalue weighted by Crippen LogP contribution is -2.65. The van der Waals surface area contributed by atoms with Crippen molar-refractivity contribution in [3.05, 3.63) is 48.6 Å². The third-order valence-electron chi connectivity index (χ3n) is 4.57. The molecular weight excluding hydrogens is 320 g/mol. The molecule has 3 rings (SSSR count). The Morgan fingerprint density at radius 1 is 1.32 bits per heavy atom. The molecule has 25 heavy (non-hydrogen) atoms. The number of urea groups is 1. The van der Waals surface area contributed by atoms with Crippen LogP contribution in [0.15, 0.2) is 43.0 Å². The number of hydrogen-bond donors (Lipinski definition) is 3. The quantitative estimate of drug-likeness (QED) is 0.667. The molecule has 3 N–H and O–H groups in total. The molecule has 0 saturated carbocycles. The summed E-state index contributed by atoms with van der Waals surface area (Å²) in [6.45, 7) is 4.35. The van der Waals surface area contributed by atoms with Crippen LogP contribution in [0.2, 0.25) is 0 Å². The van der Waals surface area contributed by atoms with Crippen molar-refractivity contribution >= 4 is 17.8 Å². The number of piperazine rings is 1. The van der Waals surface area contributed by atoms with Crippen LogP contribution < -0.4 is 16.0 Å². The van der Waals surface area contributed by atoms with Gasteiger partial charge in [-0.3, -0.25) is 9.59 Å². The Morgan fingerprint density at radius 2 is 2.08 bits per heavy atom. The van der Waals surface area contributed by atoms with Crippen LogP contribution in [0.4, 0.5) is 4.79 Å². The van der Waals surface area contributed by atoms with E-state index in [0.717, 1.165) is 5.56 Å². The average molecular weight is 342 g/mol. The molecule has 2 aliphatic rings. The Balaban J connectivity index is 1.65. The molecule has 7 nitrogen and oxygen atoms in total. The minimum atomic E-state index is -0.644. The topological polar surface area (TPSA) is 90.5 Å². The van der Waals surface area contributed by atoms with E-state index in [1.807, 2.05) is 30.3 Å². The van der Waals surface area contributed by atoms with E-state index in [1.165, 1.54) is 0 Å². The molecule has 0 spiro atoms. The van der Waals surface area contributed by atoms with Crippen molar-refractivity contribution in [1.29, 1.82) is 0 Å². The van der Waals surface area contributed by atoms with Crippen LogP contribution in [0.3, 0.4) is 0 Å². The van der Waals surface area contributed by atoms with Crippen molar-refractivity contribution in [3.63, 3.8) is 0 Å².